The molecule has 5 nitrogen and oxygen atoms in total. The Bertz CT molecular complexity index is 525. The Kier molecular flexibility index (Phi) is 8.77. The van der Waals surface area contributed by atoms with E-state index in [9.17, 15) is 0 Å². The molecule has 1 aliphatic rings. The molecule has 0 unspecified atom stereocenters. The summed E-state index contributed by atoms with van der Waals surface area (Å²) in [6.07, 6.45) is 4.48. The summed E-state index contributed by atoms with van der Waals surface area (Å²) >= 11 is 0. The maximum atomic E-state index is 5.93. The van der Waals surface area contributed by atoms with Gasteiger partial charge in [0.1, 0.15) is 0 Å². The monoisotopic (exact) mass is 347 g/mol. The Morgan fingerprint density at radius 2 is 2.00 bits per heavy atom. The predicted molar refractivity (Wildman–Crippen MR) is 103 cm³/mol. The molecular formula is C20H33N3O2. The Labute approximate surface area is 152 Å². The number of methoxy groups -OCH3 is 1. The van der Waals surface area contributed by atoms with Gasteiger partial charge < -0.3 is 19.7 Å². The number of likely N-dealkylation sites (tertiary alicyclic amines) is 1. The highest BCUT2D eigenvalue weighted by Gasteiger charge is 2.21. The summed E-state index contributed by atoms with van der Waals surface area (Å²) in [5.41, 5.74) is 2.75. The molecule has 5 heteroatoms. The fourth-order valence-electron chi connectivity index (χ4n) is 3.22. The van der Waals surface area contributed by atoms with E-state index < -0.39 is 0 Å². The maximum Gasteiger partial charge on any atom is 0.193 e. The molecular weight excluding hydrogens is 314 g/mol. The zero-order valence-corrected chi connectivity index (χ0v) is 16.0. The Hall–Kier alpha value is -1.59. The molecule has 140 valence electrons. The molecule has 0 spiro atoms. The third kappa shape index (κ3) is 6.67. The zero-order chi connectivity index (χ0) is 17.9. The van der Waals surface area contributed by atoms with Crippen molar-refractivity contribution in [3.05, 3.63) is 35.4 Å². The van der Waals surface area contributed by atoms with E-state index in [1.54, 1.807) is 7.11 Å². The van der Waals surface area contributed by atoms with Crippen LogP contribution in [0.1, 0.15) is 30.4 Å². The minimum atomic E-state index is 0.373. The van der Waals surface area contributed by atoms with Crippen molar-refractivity contribution in [1.29, 1.82) is 0 Å². The number of guanidine groups is 1. The van der Waals surface area contributed by atoms with Crippen LogP contribution in [-0.4, -0.2) is 64.0 Å². The van der Waals surface area contributed by atoms with E-state index in [1.165, 1.54) is 11.1 Å². The van der Waals surface area contributed by atoms with Gasteiger partial charge >= 0.3 is 0 Å². The summed E-state index contributed by atoms with van der Waals surface area (Å²) in [4.78, 5) is 6.79. The van der Waals surface area contributed by atoms with E-state index in [0.717, 1.165) is 64.5 Å². The van der Waals surface area contributed by atoms with E-state index in [-0.39, 0.29) is 0 Å². The molecule has 0 bridgehead atoms. The predicted octanol–water partition coefficient (Wildman–Crippen LogP) is 2.63. The van der Waals surface area contributed by atoms with Gasteiger partial charge in [-0.1, -0.05) is 24.3 Å². The van der Waals surface area contributed by atoms with Gasteiger partial charge in [-0.05, 0) is 43.7 Å². The molecule has 1 aromatic carbocycles. The molecule has 1 aromatic rings. The molecule has 0 atom stereocenters. The first-order chi connectivity index (χ1) is 12.2. The van der Waals surface area contributed by atoms with E-state index in [2.05, 4.69) is 46.4 Å². The van der Waals surface area contributed by atoms with Gasteiger partial charge in [-0.15, -0.1) is 0 Å². The first-order valence-electron chi connectivity index (χ1n) is 9.35. The van der Waals surface area contributed by atoms with Crippen molar-refractivity contribution in [3.63, 3.8) is 0 Å². The van der Waals surface area contributed by atoms with Gasteiger partial charge in [0.05, 0.1) is 6.10 Å². The SMILES string of the molecule is CN=C(NCCc1ccccc1C)N1CCC(OCCCOC)CC1. The average Bonchev–Trinajstić information content (AvgIpc) is 2.64. The lowest BCUT2D eigenvalue weighted by Crippen LogP contribution is -2.47. The minimum Gasteiger partial charge on any atom is -0.385 e. The van der Waals surface area contributed by atoms with Gasteiger partial charge in [0.25, 0.3) is 0 Å². The lowest BCUT2D eigenvalue weighted by Gasteiger charge is -2.34. The molecule has 1 aliphatic heterocycles. The van der Waals surface area contributed by atoms with Crippen molar-refractivity contribution in [3.8, 4) is 0 Å². The Morgan fingerprint density at radius 1 is 1.24 bits per heavy atom. The van der Waals surface area contributed by atoms with Crippen molar-refractivity contribution >= 4 is 5.96 Å². The highest BCUT2D eigenvalue weighted by molar-refractivity contribution is 5.79. The maximum absolute atomic E-state index is 5.93. The number of aliphatic imine (C=N–C) groups is 1. The summed E-state index contributed by atoms with van der Waals surface area (Å²) in [7, 11) is 3.60. The zero-order valence-electron chi connectivity index (χ0n) is 16.0. The van der Waals surface area contributed by atoms with Crippen molar-refractivity contribution < 1.29 is 9.47 Å². The number of nitrogens with one attached hydrogen (secondary N) is 1. The van der Waals surface area contributed by atoms with Gasteiger partial charge in [-0.2, -0.15) is 0 Å². The Morgan fingerprint density at radius 3 is 2.68 bits per heavy atom. The van der Waals surface area contributed by atoms with Crippen LogP contribution in [0.15, 0.2) is 29.3 Å². The number of aryl methyl sites for hydroxylation is 1. The first-order valence-corrected chi connectivity index (χ1v) is 9.35. The summed E-state index contributed by atoms with van der Waals surface area (Å²) in [6, 6.07) is 8.56. The number of benzene rings is 1. The Balaban J connectivity index is 1.69. The summed E-state index contributed by atoms with van der Waals surface area (Å²) < 4.78 is 11.0. The molecule has 2 rings (SSSR count). The molecule has 0 radical (unpaired) electrons. The normalized spacial score (nSPS) is 16.3. The number of hydrogen-bond donors (Lipinski definition) is 1. The van der Waals surface area contributed by atoms with Crippen LogP contribution in [0.25, 0.3) is 0 Å². The standard InChI is InChI=1S/C20H33N3O2/c1-17-7-4-5-8-18(17)9-12-22-20(21-2)23-13-10-19(11-14-23)25-16-6-15-24-3/h4-5,7-8,19H,6,9-16H2,1-3H3,(H,21,22). The number of piperidine rings is 1. The topological polar surface area (TPSA) is 46.1 Å². The minimum absolute atomic E-state index is 0.373. The van der Waals surface area contributed by atoms with Crippen LogP contribution in [-0.2, 0) is 15.9 Å². The number of ether oxygens (including phenoxy) is 2. The fraction of sp³-hybridized carbons (Fsp3) is 0.650. The highest BCUT2D eigenvalue weighted by atomic mass is 16.5. The molecule has 0 aliphatic carbocycles. The molecule has 1 fully saturated rings. The number of nitrogens with zero attached hydrogens (tertiary/aromatic N) is 2. The number of hydrogen-bond acceptors (Lipinski definition) is 3. The molecule has 1 N–H and O–H groups in total. The van der Waals surface area contributed by atoms with Crippen molar-refractivity contribution in [2.45, 2.75) is 38.7 Å². The molecule has 0 amide bonds. The lowest BCUT2D eigenvalue weighted by molar-refractivity contribution is 0.00992. The van der Waals surface area contributed by atoms with E-state index >= 15 is 0 Å². The van der Waals surface area contributed by atoms with Gasteiger partial charge in [-0.25, -0.2) is 0 Å². The van der Waals surface area contributed by atoms with Gasteiger partial charge in [0.2, 0.25) is 0 Å². The largest absolute Gasteiger partial charge is 0.385 e. The van der Waals surface area contributed by atoms with Gasteiger partial charge in [0.15, 0.2) is 5.96 Å². The molecule has 1 saturated heterocycles. The average molecular weight is 348 g/mol. The second-order valence-electron chi connectivity index (χ2n) is 6.55. The van der Waals surface area contributed by atoms with Crippen molar-refractivity contribution in [2.75, 3.05) is 47.0 Å². The van der Waals surface area contributed by atoms with Crippen LogP contribution in [0.3, 0.4) is 0 Å². The van der Waals surface area contributed by atoms with E-state index in [0.29, 0.717) is 6.10 Å². The first kappa shape index (κ1) is 19.7. The van der Waals surface area contributed by atoms with Crippen LogP contribution in [0.4, 0.5) is 0 Å². The summed E-state index contributed by atoms with van der Waals surface area (Å²) in [5, 5.41) is 3.51. The third-order valence-corrected chi connectivity index (χ3v) is 4.74. The summed E-state index contributed by atoms with van der Waals surface area (Å²) in [6.45, 7) is 6.64. The van der Waals surface area contributed by atoms with Crippen molar-refractivity contribution in [1.82, 2.24) is 10.2 Å². The van der Waals surface area contributed by atoms with Crippen LogP contribution in [0.2, 0.25) is 0 Å². The second kappa shape index (κ2) is 11.1. The second-order valence-corrected chi connectivity index (χ2v) is 6.55. The van der Waals surface area contributed by atoms with E-state index in [4.69, 9.17) is 9.47 Å². The van der Waals surface area contributed by atoms with Crippen LogP contribution >= 0.6 is 0 Å². The van der Waals surface area contributed by atoms with Crippen LogP contribution in [0, 0.1) is 6.92 Å². The lowest BCUT2D eigenvalue weighted by atomic mass is 10.1. The summed E-state index contributed by atoms with van der Waals surface area (Å²) in [5.74, 6) is 1.01. The van der Waals surface area contributed by atoms with Crippen LogP contribution in [0.5, 0.6) is 0 Å². The van der Waals surface area contributed by atoms with Gasteiger partial charge in [0, 0.05) is 47.0 Å². The molecule has 25 heavy (non-hydrogen) atoms. The van der Waals surface area contributed by atoms with Crippen LogP contribution < -0.4 is 5.32 Å². The smallest absolute Gasteiger partial charge is 0.193 e. The quantitative estimate of drug-likeness (QED) is 0.446. The molecule has 0 saturated carbocycles. The van der Waals surface area contributed by atoms with Gasteiger partial charge in [-0.3, -0.25) is 4.99 Å². The molecule has 0 aromatic heterocycles. The number of rotatable bonds is 8. The molecule has 1 heterocycles. The fourth-order valence-corrected chi connectivity index (χ4v) is 3.22. The van der Waals surface area contributed by atoms with Crippen molar-refractivity contribution in [2.24, 2.45) is 4.99 Å². The van der Waals surface area contributed by atoms with E-state index in [1.807, 2.05) is 7.05 Å². The third-order valence-electron chi connectivity index (χ3n) is 4.74. The highest BCUT2D eigenvalue weighted by Crippen LogP contribution is 2.14.